The quantitative estimate of drug-likeness (QED) is 0.455. The van der Waals surface area contributed by atoms with Gasteiger partial charge in [-0.15, -0.1) is 5.10 Å². The summed E-state index contributed by atoms with van der Waals surface area (Å²) in [6, 6.07) is 16.9. The van der Waals surface area contributed by atoms with Gasteiger partial charge in [0.2, 0.25) is 11.1 Å². The first-order valence-corrected chi connectivity index (χ1v) is 10.9. The van der Waals surface area contributed by atoms with Crippen LogP contribution in [0.1, 0.15) is 18.2 Å². The summed E-state index contributed by atoms with van der Waals surface area (Å²) in [6.45, 7) is 5.54. The zero-order chi connectivity index (χ0) is 22.8. The van der Waals surface area contributed by atoms with E-state index in [0.717, 1.165) is 16.9 Å². The fourth-order valence-corrected chi connectivity index (χ4v) is 4.14. The fraction of sp³-hybridized carbons (Fsp3) is 0.227. The number of para-hydroxylation sites is 2. The Balaban J connectivity index is 1.63. The molecule has 4 rings (SSSR count). The number of thioether (sulfide) groups is 1. The van der Waals surface area contributed by atoms with Crippen LogP contribution in [0.5, 0.6) is 0 Å². The molecule has 0 bridgehead atoms. The van der Waals surface area contributed by atoms with Crippen LogP contribution in [0.4, 0.5) is 5.69 Å². The van der Waals surface area contributed by atoms with Gasteiger partial charge in [0.05, 0.1) is 16.6 Å². The van der Waals surface area contributed by atoms with Gasteiger partial charge < -0.3 is 5.32 Å². The van der Waals surface area contributed by atoms with Crippen LogP contribution in [0.15, 0.2) is 64.5 Å². The standard InChI is InChI=1S/C22H23N7O2S/c1-14-10-8-9-13-18(14)23-20(30)16(3)32-22-24-25-26-28(22)19-15(2)27(4)29(21(19)31)17-11-6-5-7-12-17/h5-13,16H,1-4H3,(H,23,30). The molecule has 1 unspecified atom stereocenters. The molecule has 0 spiro atoms. The zero-order valence-corrected chi connectivity index (χ0v) is 19.0. The minimum atomic E-state index is -0.486. The number of hydrogen-bond acceptors (Lipinski definition) is 6. The number of carbonyl (C=O) groups is 1. The number of aryl methyl sites for hydroxylation is 1. The third kappa shape index (κ3) is 3.96. The van der Waals surface area contributed by atoms with Crippen molar-refractivity contribution in [3.8, 4) is 11.4 Å². The molecule has 0 aliphatic carbocycles. The molecular weight excluding hydrogens is 426 g/mol. The van der Waals surface area contributed by atoms with Gasteiger partial charge >= 0.3 is 0 Å². The highest BCUT2D eigenvalue weighted by molar-refractivity contribution is 8.00. The first kappa shape index (κ1) is 21.6. The number of tetrazole rings is 1. The summed E-state index contributed by atoms with van der Waals surface area (Å²) in [4.78, 5) is 26.0. The van der Waals surface area contributed by atoms with Crippen molar-refractivity contribution in [2.45, 2.75) is 31.2 Å². The molecule has 4 aromatic rings. The molecule has 2 heterocycles. The third-order valence-corrected chi connectivity index (χ3v) is 6.26. The second kappa shape index (κ2) is 8.83. The van der Waals surface area contributed by atoms with Crippen LogP contribution in [0, 0.1) is 13.8 Å². The minimum Gasteiger partial charge on any atom is -0.325 e. The Morgan fingerprint density at radius 1 is 1.06 bits per heavy atom. The van der Waals surface area contributed by atoms with Crippen molar-refractivity contribution < 1.29 is 4.79 Å². The van der Waals surface area contributed by atoms with Crippen LogP contribution in [0.3, 0.4) is 0 Å². The molecule has 0 aliphatic heterocycles. The van der Waals surface area contributed by atoms with Crippen molar-refractivity contribution in [2.24, 2.45) is 7.05 Å². The van der Waals surface area contributed by atoms with Crippen molar-refractivity contribution >= 4 is 23.4 Å². The van der Waals surface area contributed by atoms with E-state index in [2.05, 4.69) is 20.8 Å². The second-order valence-electron chi connectivity index (χ2n) is 7.35. The van der Waals surface area contributed by atoms with Gasteiger partial charge in [-0.1, -0.05) is 48.2 Å². The van der Waals surface area contributed by atoms with E-state index in [0.29, 0.717) is 16.5 Å². The van der Waals surface area contributed by atoms with Gasteiger partial charge in [0.1, 0.15) is 0 Å². The minimum absolute atomic E-state index is 0.176. The van der Waals surface area contributed by atoms with E-state index in [9.17, 15) is 9.59 Å². The number of nitrogens with one attached hydrogen (secondary N) is 1. The number of hydrogen-bond donors (Lipinski definition) is 1. The summed E-state index contributed by atoms with van der Waals surface area (Å²) in [7, 11) is 1.81. The Morgan fingerprint density at radius 3 is 2.47 bits per heavy atom. The Labute approximate surface area is 189 Å². The SMILES string of the molecule is Cc1ccccc1NC(=O)C(C)Sc1nnnn1-c1c(C)n(C)n(-c2ccccc2)c1=O. The molecular formula is C22H23N7O2S. The van der Waals surface area contributed by atoms with Crippen LogP contribution in [0.2, 0.25) is 0 Å². The summed E-state index contributed by atoms with van der Waals surface area (Å²) < 4.78 is 4.73. The Kier molecular flexibility index (Phi) is 5.95. The maximum atomic E-state index is 13.3. The summed E-state index contributed by atoms with van der Waals surface area (Å²) in [5.74, 6) is -0.176. The van der Waals surface area contributed by atoms with Crippen molar-refractivity contribution in [1.82, 2.24) is 29.6 Å². The highest BCUT2D eigenvalue weighted by Gasteiger charge is 2.25. The van der Waals surface area contributed by atoms with E-state index in [1.165, 1.54) is 16.4 Å². The molecule has 2 aromatic carbocycles. The summed E-state index contributed by atoms with van der Waals surface area (Å²) >= 11 is 1.19. The Bertz CT molecular complexity index is 1320. The van der Waals surface area contributed by atoms with Gasteiger partial charge in [-0.2, -0.15) is 4.68 Å². The van der Waals surface area contributed by atoms with Crippen LogP contribution in [-0.2, 0) is 11.8 Å². The van der Waals surface area contributed by atoms with Gasteiger partial charge in [-0.25, -0.2) is 4.68 Å². The van der Waals surface area contributed by atoms with E-state index < -0.39 is 5.25 Å². The average Bonchev–Trinajstić information content (AvgIpc) is 3.31. The van der Waals surface area contributed by atoms with Crippen LogP contribution in [-0.4, -0.2) is 40.7 Å². The molecule has 1 N–H and O–H groups in total. The monoisotopic (exact) mass is 449 g/mol. The fourth-order valence-electron chi connectivity index (χ4n) is 3.35. The predicted molar refractivity (Wildman–Crippen MR) is 124 cm³/mol. The van der Waals surface area contributed by atoms with E-state index >= 15 is 0 Å². The summed E-state index contributed by atoms with van der Waals surface area (Å²) in [5, 5.41) is 14.7. The van der Waals surface area contributed by atoms with Crippen molar-refractivity contribution in [3.63, 3.8) is 0 Å². The average molecular weight is 450 g/mol. The molecule has 0 saturated carbocycles. The molecule has 164 valence electrons. The highest BCUT2D eigenvalue weighted by atomic mass is 32.2. The normalized spacial score (nSPS) is 12.0. The summed E-state index contributed by atoms with van der Waals surface area (Å²) in [6.07, 6.45) is 0. The van der Waals surface area contributed by atoms with Gasteiger partial charge in [-0.05, 0) is 55.0 Å². The summed E-state index contributed by atoms with van der Waals surface area (Å²) in [5.41, 5.74) is 3.27. The molecule has 32 heavy (non-hydrogen) atoms. The van der Waals surface area contributed by atoms with Gasteiger partial charge in [-0.3, -0.25) is 14.3 Å². The number of amides is 1. The maximum Gasteiger partial charge on any atom is 0.297 e. The van der Waals surface area contributed by atoms with E-state index in [1.54, 1.807) is 16.3 Å². The lowest BCUT2D eigenvalue weighted by atomic mass is 10.2. The lowest BCUT2D eigenvalue weighted by molar-refractivity contribution is -0.115. The number of nitrogens with zero attached hydrogens (tertiary/aromatic N) is 6. The number of aromatic nitrogens is 6. The van der Waals surface area contributed by atoms with Crippen LogP contribution >= 0.6 is 11.8 Å². The highest BCUT2D eigenvalue weighted by Crippen LogP contribution is 2.25. The smallest absolute Gasteiger partial charge is 0.297 e. The molecule has 0 radical (unpaired) electrons. The van der Waals surface area contributed by atoms with Crippen molar-refractivity contribution in [2.75, 3.05) is 5.32 Å². The Morgan fingerprint density at radius 2 is 1.75 bits per heavy atom. The van der Waals surface area contributed by atoms with Gasteiger partial charge in [0, 0.05) is 12.7 Å². The van der Waals surface area contributed by atoms with Crippen LogP contribution in [0.25, 0.3) is 11.4 Å². The van der Waals surface area contributed by atoms with E-state index in [-0.39, 0.29) is 11.5 Å². The van der Waals surface area contributed by atoms with E-state index in [1.807, 2.05) is 75.5 Å². The number of benzene rings is 2. The van der Waals surface area contributed by atoms with Crippen molar-refractivity contribution in [1.29, 1.82) is 0 Å². The van der Waals surface area contributed by atoms with E-state index in [4.69, 9.17) is 0 Å². The van der Waals surface area contributed by atoms with Gasteiger partial charge in [0.15, 0.2) is 5.69 Å². The molecule has 10 heteroatoms. The number of anilines is 1. The molecule has 1 atom stereocenters. The first-order valence-electron chi connectivity index (χ1n) is 10.0. The number of rotatable bonds is 6. The Hall–Kier alpha value is -3.66. The third-order valence-electron chi connectivity index (χ3n) is 5.23. The maximum absolute atomic E-state index is 13.3. The zero-order valence-electron chi connectivity index (χ0n) is 18.2. The first-order chi connectivity index (χ1) is 15.4. The molecule has 0 fully saturated rings. The van der Waals surface area contributed by atoms with Gasteiger partial charge in [0.25, 0.3) is 5.56 Å². The molecule has 2 aromatic heterocycles. The molecule has 1 amide bonds. The number of carbonyl (C=O) groups excluding carboxylic acids is 1. The predicted octanol–water partition coefficient (Wildman–Crippen LogP) is 2.89. The lowest BCUT2D eigenvalue weighted by Gasteiger charge is -2.13. The topological polar surface area (TPSA) is 99.6 Å². The molecule has 0 saturated heterocycles. The lowest BCUT2D eigenvalue weighted by Crippen LogP contribution is -2.24. The second-order valence-corrected chi connectivity index (χ2v) is 8.66. The van der Waals surface area contributed by atoms with Crippen LogP contribution < -0.4 is 10.9 Å². The van der Waals surface area contributed by atoms with Crippen molar-refractivity contribution in [3.05, 3.63) is 76.2 Å². The molecule has 9 nitrogen and oxygen atoms in total. The largest absolute Gasteiger partial charge is 0.325 e. The molecule has 0 aliphatic rings.